The van der Waals surface area contributed by atoms with E-state index in [0.717, 1.165) is 23.5 Å². The molecule has 2 amide bonds. The second kappa shape index (κ2) is 8.05. The highest BCUT2D eigenvalue weighted by Gasteiger charge is 2.02. The molecule has 0 aliphatic rings. The summed E-state index contributed by atoms with van der Waals surface area (Å²) in [6.07, 6.45) is 1.98. The Bertz CT molecular complexity index is 366. The van der Waals surface area contributed by atoms with Crippen LogP contribution in [0.25, 0.3) is 0 Å². The Morgan fingerprint density at radius 1 is 1.50 bits per heavy atom. The van der Waals surface area contributed by atoms with E-state index >= 15 is 0 Å². The van der Waals surface area contributed by atoms with Crippen LogP contribution in [0, 0.1) is 6.92 Å². The standard InChI is InChI=1S/C12H21N3O2S/c1-9-8-18-11(15-9)4-3-6-13-12(17)14-7-5-10(2)16/h8,10,16H,3-7H2,1-2H3,(H2,13,14,17). The molecule has 0 bridgehead atoms. The van der Waals surface area contributed by atoms with Crippen LogP contribution in [0.5, 0.6) is 0 Å². The van der Waals surface area contributed by atoms with Crippen LogP contribution >= 0.6 is 11.3 Å². The fourth-order valence-corrected chi connectivity index (χ4v) is 2.23. The first-order chi connectivity index (χ1) is 8.58. The summed E-state index contributed by atoms with van der Waals surface area (Å²) in [6, 6.07) is -0.175. The first kappa shape index (κ1) is 14.9. The molecule has 1 aromatic rings. The minimum atomic E-state index is -0.376. The number of thiazole rings is 1. The van der Waals surface area contributed by atoms with Crippen molar-refractivity contribution in [3.05, 3.63) is 16.1 Å². The lowest BCUT2D eigenvalue weighted by Gasteiger charge is -2.08. The van der Waals surface area contributed by atoms with Gasteiger partial charge in [0.05, 0.1) is 11.1 Å². The highest BCUT2D eigenvalue weighted by atomic mass is 32.1. The average Bonchev–Trinajstić information content (AvgIpc) is 2.70. The van der Waals surface area contributed by atoms with Gasteiger partial charge in [-0.05, 0) is 26.7 Å². The molecule has 0 aliphatic carbocycles. The maximum Gasteiger partial charge on any atom is 0.314 e. The van der Waals surface area contributed by atoms with Crippen molar-refractivity contribution >= 4 is 17.4 Å². The van der Waals surface area contributed by atoms with Crippen LogP contribution in [0.4, 0.5) is 4.79 Å². The van der Waals surface area contributed by atoms with Crippen LogP contribution in [0.3, 0.4) is 0 Å². The monoisotopic (exact) mass is 271 g/mol. The minimum absolute atomic E-state index is 0.175. The summed E-state index contributed by atoms with van der Waals surface area (Å²) in [4.78, 5) is 15.7. The summed E-state index contributed by atoms with van der Waals surface area (Å²) in [7, 11) is 0. The molecule has 0 saturated carbocycles. The Labute approximate surface area is 112 Å². The van der Waals surface area contributed by atoms with Crippen LogP contribution in [0.1, 0.15) is 30.5 Å². The van der Waals surface area contributed by atoms with Crippen molar-refractivity contribution in [1.29, 1.82) is 0 Å². The van der Waals surface area contributed by atoms with Gasteiger partial charge in [0.15, 0.2) is 0 Å². The second-order valence-corrected chi connectivity index (χ2v) is 5.25. The SMILES string of the molecule is Cc1csc(CCCNC(=O)NCCC(C)O)n1. The van der Waals surface area contributed by atoms with Gasteiger partial charge < -0.3 is 15.7 Å². The van der Waals surface area contributed by atoms with Crippen molar-refractivity contribution in [2.45, 2.75) is 39.2 Å². The number of aliphatic hydroxyl groups excluding tert-OH is 1. The molecule has 1 aromatic heterocycles. The van der Waals surface area contributed by atoms with Crippen LogP contribution in [0.15, 0.2) is 5.38 Å². The van der Waals surface area contributed by atoms with E-state index in [9.17, 15) is 4.79 Å². The molecule has 1 heterocycles. The predicted molar refractivity (Wildman–Crippen MR) is 72.9 cm³/mol. The average molecular weight is 271 g/mol. The van der Waals surface area contributed by atoms with Gasteiger partial charge in [-0.25, -0.2) is 9.78 Å². The number of aryl methyl sites for hydroxylation is 2. The summed E-state index contributed by atoms with van der Waals surface area (Å²) in [5, 5.41) is 17.7. The van der Waals surface area contributed by atoms with Crippen LogP contribution < -0.4 is 10.6 Å². The van der Waals surface area contributed by atoms with Gasteiger partial charge in [-0.3, -0.25) is 0 Å². The van der Waals surface area contributed by atoms with Crippen LogP contribution in [0.2, 0.25) is 0 Å². The van der Waals surface area contributed by atoms with Gasteiger partial charge in [-0.1, -0.05) is 0 Å². The van der Waals surface area contributed by atoms with Gasteiger partial charge in [0.25, 0.3) is 0 Å². The van der Waals surface area contributed by atoms with Crippen molar-refractivity contribution in [2.75, 3.05) is 13.1 Å². The number of nitrogens with one attached hydrogen (secondary N) is 2. The molecular formula is C12H21N3O2S. The summed E-state index contributed by atoms with van der Waals surface area (Å²) in [5.41, 5.74) is 1.05. The first-order valence-corrected chi connectivity index (χ1v) is 7.06. The quantitative estimate of drug-likeness (QED) is 0.657. The normalized spacial score (nSPS) is 12.2. The lowest BCUT2D eigenvalue weighted by Crippen LogP contribution is -2.37. The molecule has 0 fully saturated rings. The molecule has 0 spiro atoms. The Morgan fingerprint density at radius 3 is 2.83 bits per heavy atom. The molecule has 0 aliphatic heterocycles. The summed E-state index contributed by atoms with van der Waals surface area (Å²) < 4.78 is 0. The van der Waals surface area contributed by atoms with Crippen molar-refractivity contribution in [3.8, 4) is 0 Å². The van der Waals surface area contributed by atoms with E-state index in [2.05, 4.69) is 15.6 Å². The Kier molecular flexibility index (Phi) is 6.67. The molecule has 1 rings (SSSR count). The van der Waals surface area contributed by atoms with E-state index in [-0.39, 0.29) is 12.1 Å². The van der Waals surface area contributed by atoms with Crippen molar-refractivity contribution in [3.63, 3.8) is 0 Å². The zero-order valence-corrected chi connectivity index (χ0v) is 11.7. The smallest absolute Gasteiger partial charge is 0.314 e. The van der Waals surface area contributed by atoms with Crippen LogP contribution in [-0.2, 0) is 6.42 Å². The zero-order valence-electron chi connectivity index (χ0n) is 10.9. The lowest BCUT2D eigenvalue weighted by atomic mass is 10.3. The molecule has 5 nitrogen and oxygen atoms in total. The molecule has 0 radical (unpaired) electrons. The number of aromatic nitrogens is 1. The highest BCUT2D eigenvalue weighted by molar-refractivity contribution is 7.09. The number of carbonyl (C=O) groups excluding carboxylic acids is 1. The predicted octanol–water partition coefficient (Wildman–Crippen LogP) is 1.45. The number of carbonyl (C=O) groups is 1. The van der Waals surface area contributed by atoms with Gasteiger partial charge in [0.1, 0.15) is 0 Å². The first-order valence-electron chi connectivity index (χ1n) is 6.18. The van der Waals surface area contributed by atoms with E-state index in [1.54, 1.807) is 18.3 Å². The third-order valence-electron chi connectivity index (χ3n) is 2.37. The van der Waals surface area contributed by atoms with Crippen molar-refractivity contribution < 1.29 is 9.90 Å². The van der Waals surface area contributed by atoms with Gasteiger partial charge in [0.2, 0.25) is 0 Å². The summed E-state index contributed by atoms with van der Waals surface area (Å²) >= 11 is 1.66. The van der Waals surface area contributed by atoms with Gasteiger partial charge >= 0.3 is 6.03 Å². The molecule has 1 atom stereocenters. The Balaban J connectivity index is 2.02. The molecule has 1 unspecified atom stereocenters. The highest BCUT2D eigenvalue weighted by Crippen LogP contribution is 2.10. The number of nitrogens with zero attached hydrogens (tertiary/aromatic N) is 1. The van der Waals surface area contributed by atoms with E-state index in [1.807, 2.05) is 12.3 Å². The number of aliphatic hydroxyl groups is 1. The zero-order chi connectivity index (χ0) is 13.4. The fraction of sp³-hybridized carbons (Fsp3) is 0.667. The molecule has 3 N–H and O–H groups in total. The fourth-order valence-electron chi connectivity index (χ4n) is 1.42. The molecular weight excluding hydrogens is 250 g/mol. The number of hydrogen-bond acceptors (Lipinski definition) is 4. The van der Waals surface area contributed by atoms with Crippen molar-refractivity contribution in [2.24, 2.45) is 0 Å². The van der Waals surface area contributed by atoms with E-state index < -0.39 is 0 Å². The maximum atomic E-state index is 11.3. The number of rotatable bonds is 7. The Morgan fingerprint density at radius 2 is 2.22 bits per heavy atom. The summed E-state index contributed by atoms with van der Waals surface area (Å²) in [6.45, 7) is 4.82. The van der Waals surface area contributed by atoms with Crippen molar-refractivity contribution in [1.82, 2.24) is 15.6 Å². The molecule has 6 heteroatoms. The molecule has 102 valence electrons. The third kappa shape index (κ3) is 6.56. The number of amides is 2. The third-order valence-corrected chi connectivity index (χ3v) is 3.39. The lowest BCUT2D eigenvalue weighted by molar-refractivity contribution is 0.183. The second-order valence-electron chi connectivity index (χ2n) is 4.31. The number of hydrogen-bond donors (Lipinski definition) is 3. The number of urea groups is 1. The van der Waals surface area contributed by atoms with Gasteiger partial charge in [-0.2, -0.15) is 0 Å². The van der Waals surface area contributed by atoms with Gasteiger partial charge in [-0.15, -0.1) is 11.3 Å². The largest absolute Gasteiger partial charge is 0.393 e. The van der Waals surface area contributed by atoms with Gasteiger partial charge in [0, 0.05) is 30.6 Å². The molecule has 0 aromatic carbocycles. The van der Waals surface area contributed by atoms with Crippen LogP contribution in [-0.4, -0.2) is 35.3 Å². The topological polar surface area (TPSA) is 74.2 Å². The minimum Gasteiger partial charge on any atom is -0.393 e. The maximum absolute atomic E-state index is 11.3. The summed E-state index contributed by atoms with van der Waals surface area (Å²) in [5.74, 6) is 0. The molecule has 0 saturated heterocycles. The molecule has 18 heavy (non-hydrogen) atoms. The Hall–Kier alpha value is -1.14. The van der Waals surface area contributed by atoms with E-state index in [1.165, 1.54) is 0 Å². The van der Waals surface area contributed by atoms with E-state index in [0.29, 0.717) is 19.5 Å². The van der Waals surface area contributed by atoms with E-state index in [4.69, 9.17) is 5.11 Å².